The van der Waals surface area contributed by atoms with Gasteiger partial charge in [0.2, 0.25) is 0 Å². The number of hydrogen-bond acceptors (Lipinski definition) is 4. The molecule has 0 N–H and O–H groups in total. The smallest absolute Gasteiger partial charge is 0.335 e. The maximum absolute atomic E-state index is 11.3. The molecule has 0 aromatic heterocycles. The predicted molar refractivity (Wildman–Crippen MR) is 43.9 cm³/mol. The van der Waals surface area contributed by atoms with Crippen LogP contribution in [0.3, 0.4) is 0 Å². The second kappa shape index (κ2) is 2.84. The number of carbonyl (C=O) groups excluding carboxylic acids is 1. The Kier molecular flexibility index (Phi) is 2.17. The molecule has 1 aliphatic heterocycles. The van der Waals surface area contributed by atoms with Gasteiger partial charge in [0.05, 0.1) is 13.2 Å². The third-order valence-electron chi connectivity index (χ3n) is 2.66. The van der Waals surface area contributed by atoms with Crippen molar-refractivity contribution in [2.75, 3.05) is 7.11 Å². The van der Waals surface area contributed by atoms with Crippen LogP contribution < -0.4 is 0 Å². The summed E-state index contributed by atoms with van der Waals surface area (Å²) in [6.45, 7) is 5.67. The average Bonchev–Trinajstić information content (AvgIpc) is 2.33. The first kappa shape index (κ1) is 9.16. The first-order valence-electron chi connectivity index (χ1n) is 4.03. The lowest BCUT2D eigenvalue weighted by atomic mass is 9.85. The topological polar surface area (TPSA) is 51.0 Å². The Morgan fingerprint density at radius 2 is 2.08 bits per heavy atom. The molecular formula is C8H14N2O2. The number of rotatable bonds is 1. The SMILES string of the molecule is COC(=O)[C@@]1(C)N=N[C@H](C)[C@@H]1C. The molecule has 1 heterocycles. The molecule has 0 aliphatic carbocycles. The van der Waals surface area contributed by atoms with Crippen LogP contribution in [0.4, 0.5) is 0 Å². The molecule has 4 nitrogen and oxygen atoms in total. The number of nitrogens with zero attached hydrogens (tertiary/aromatic N) is 2. The molecule has 0 aromatic carbocycles. The Hall–Kier alpha value is -0.930. The highest BCUT2D eigenvalue weighted by molar-refractivity contribution is 5.81. The Labute approximate surface area is 72.0 Å². The Morgan fingerprint density at radius 1 is 1.50 bits per heavy atom. The molecule has 4 heteroatoms. The molecule has 68 valence electrons. The van der Waals surface area contributed by atoms with Gasteiger partial charge in [-0.25, -0.2) is 4.79 Å². The standard InChI is InChI=1S/C8H14N2O2/c1-5-6(2)9-10-8(5,3)7(11)12-4/h5-6H,1-4H3/t5-,6+,8-/m0/s1. The zero-order valence-corrected chi connectivity index (χ0v) is 7.87. The fourth-order valence-electron chi connectivity index (χ4n) is 1.31. The highest BCUT2D eigenvalue weighted by Crippen LogP contribution is 2.33. The maximum Gasteiger partial charge on any atom is 0.335 e. The van der Waals surface area contributed by atoms with Crippen molar-refractivity contribution in [2.45, 2.75) is 32.4 Å². The summed E-state index contributed by atoms with van der Waals surface area (Å²) in [6.07, 6.45) is 0. The number of carbonyl (C=O) groups is 1. The van der Waals surface area contributed by atoms with Gasteiger partial charge in [0.15, 0.2) is 5.54 Å². The van der Waals surface area contributed by atoms with Crippen molar-refractivity contribution in [3.05, 3.63) is 0 Å². The van der Waals surface area contributed by atoms with E-state index in [9.17, 15) is 4.79 Å². The monoisotopic (exact) mass is 170 g/mol. The minimum Gasteiger partial charge on any atom is -0.467 e. The van der Waals surface area contributed by atoms with Crippen LogP contribution >= 0.6 is 0 Å². The first-order valence-corrected chi connectivity index (χ1v) is 4.03. The molecule has 0 spiro atoms. The molecule has 0 radical (unpaired) electrons. The van der Waals surface area contributed by atoms with Crippen molar-refractivity contribution >= 4 is 5.97 Å². The van der Waals surface area contributed by atoms with Crippen molar-refractivity contribution in [3.8, 4) is 0 Å². The first-order chi connectivity index (χ1) is 5.52. The quantitative estimate of drug-likeness (QED) is 0.558. The Morgan fingerprint density at radius 3 is 2.42 bits per heavy atom. The fourth-order valence-corrected chi connectivity index (χ4v) is 1.31. The molecule has 0 aromatic rings. The Balaban J connectivity index is 2.87. The van der Waals surface area contributed by atoms with Crippen LogP contribution in [-0.4, -0.2) is 24.7 Å². The van der Waals surface area contributed by atoms with Gasteiger partial charge in [0, 0.05) is 5.92 Å². The van der Waals surface area contributed by atoms with Crippen molar-refractivity contribution in [1.82, 2.24) is 0 Å². The summed E-state index contributed by atoms with van der Waals surface area (Å²) in [7, 11) is 1.37. The molecule has 0 fully saturated rings. The fraction of sp³-hybridized carbons (Fsp3) is 0.875. The van der Waals surface area contributed by atoms with Gasteiger partial charge in [0.1, 0.15) is 0 Å². The normalized spacial score (nSPS) is 40.0. The summed E-state index contributed by atoms with van der Waals surface area (Å²) < 4.78 is 4.66. The summed E-state index contributed by atoms with van der Waals surface area (Å²) in [5.41, 5.74) is -0.770. The van der Waals surface area contributed by atoms with Crippen molar-refractivity contribution < 1.29 is 9.53 Å². The lowest BCUT2D eigenvalue weighted by Crippen LogP contribution is -2.40. The van der Waals surface area contributed by atoms with E-state index in [0.29, 0.717) is 0 Å². The van der Waals surface area contributed by atoms with Crippen molar-refractivity contribution in [1.29, 1.82) is 0 Å². The van der Waals surface area contributed by atoms with Gasteiger partial charge < -0.3 is 4.74 Å². The average molecular weight is 170 g/mol. The number of ether oxygens (including phenoxy) is 1. The van der Waals surface area contributed by atoms with E-state index >= 15 is 0 Å². The van der Waals surface area contributed by atoms with Crippen LogP contribution in [0.2, 0.25) is 0 Å². The molecule has 0 saturated heterocycles. The van der Waals surface area contributed by atoms with Crippen LogP contribution in [0, 0.1) is 5.92 Å². The van der Waals surface area contributed by atoms with Gasteiger partial charge >= 0.3 is 5.97 Å². The Bertz CT molecular complexity index is 227. The molecule has 12 heavy (non-hydrogen) atoms. The third-order valence-corrected chi connectivity index (χ3v) is 2.66. The lowest BCUT2D eigenvalue weighted by Gasteiger charge is -2.22. The van der Waals surface area contributed by atoms with Crippen molar-refractivity contribution in [2.24, 2.45) is 16.1 Å². The second-order valence-corrected chi connectivity index (χ2v) is 3.38. The summed E-state index contributed by atoms with van der Waals surface area (Å²) in [4.78, 5) is 11.3. The molecule has 0 saturated carbocycles. The minimum absolute atomic E-state index is 0.106. The van der Waals surface area contributed by atoms with Gasteiger partial charge in [-0.1, -0.05) is 6.92 Å². The molecule has 1 aliphatic rings. The summed E-state index contributed by atoms with van der Waals surface area (Å²) in [6, 6.07) is 0.106. The third kappa shape index (κ3) is 1.11. The molecule has 1 rings (SSSR count). The van der Waals surface area contributed by atoms with E-state index in [0.717, 1.165) is 0 Å². The van der Waals surface area contributed by atoms with Crippen LogP contribution in [0.5, 0.6) is 0 Å². The van der Waals surface area contributed by atoms with Gasteiger partial charge in [0.25, 0.3) is 0 Å². The van der Waals surface area contributed by atoms with Crippen LogP contribution in [0.15, 0.2) is 10.2 Å². The molecule has 0 amide bonds. The number of hydrogen-bond donors (Lipinski definition) is 0. The molecule has 0 unspecified atom stereocenters. The van der Waals surface area contributed by atoms with E-state index in [-0.39, 0.29) is 17.9 Å². The van der Waals surface area contributed by atoms with E-state index in [2.05, 4.69) is 15.0 Å². The van der Waals surface area contributed by atoms with E-state index in [4.69, 9.17) is 0 Å². The van der Waals surface area contributed by atoms with Crippen LogP contribution in [-0.2, 0) is 9.53 Å². The molecule has 3 atom stereocenters. The van der Waals surface area contributed by atoms with Crippen LogP contribution in [0.25, 0.3) is 0 Å². The number of esters is 1. The van der Waals surface area contributed by atoms with E-state index in [1.807, 2.05) is 13.8 Å². The minimum atomic E-state index is -0.770. The lowest BCUT2D eigenvalue weighted by molar-refractivity contribution is -0.147. The van der Waals surface area contributed by atoms with Gasteiger partial charge in [-0.15, -0.1) is 0 Å². The highest BCUT2D eigenvalue weighted by atomic mass is 16.5. The largest absolute Gasteiger partial charge is 0.467 e. The van der Waals surface area contributed by atoms with E-state index in [1.54, 1.807) is 6.92 Å². The predicted octanol–water partition coefficient (Wildman–Crippen LogP) is 1.41. The highest BCUT2D eigenvalue weighted by Gasteiger charge is 2.46. The van der Waals surface area contributed by atoms with Gasteiger partial charge in [-0.3, -0.25) is 0 Å². The summed E-state index contributed by atoms with van der Waals surface area (Å²) >= 11 is 0. The van der Waals surface area contributed by atoms with Gasteiger partial charge in [-0.2, -0.15) is 10.2 Å². The maximum atomic E-state index is 11.3. The second-order valence-electron chi connectivity index (χ2n) is 3.38. The summed E-state index contributed by atoms with van der Waals surface area (Å²) in [5.74, 6) is -0.187. The zero-order valence-electron chi connectivity index (χ0n) is 7.87. The number of azo groups is 1. The molecule has 0 bridgehead atoms. The molecular weight excluding hydrogens is 156 g/mol. The number of methoxy groups -OCH3 is 1. The van der Waals surface area contributed by atoms with Crippen molar-refractivity contribution in [3.63, 3.8) is 0 Å². The summed E-state index contributed by atoms with van der Waals surface area (Å²) in [5, 5.41) is 7.91. The van der Waals surface area contributed by atoms with Gasteiger partial charge in [-0.05, 0) is 13.8 Å². The van der Waals surface area contributed by atoms with Crippen LogP contribution in [0.1, 0.15) is 20.8 Å². The van der Waals surface area contributed by atoms with E-state index in [1.165, 1.54) is 7.11 Å². The van der Waals surface area contributed by atoms with E-state index < -0.39 is 5.54 Å². The zero-order chi connectivity index (χ0) is 9.35.